The Morgan fingerprint density at radius 1 is 0.842 bits per heavy atom. The number of carbonyl (C=O) groups excluding carboxylic acids is 1. The van der Waals surface area contributed by atoms with Crippen molar-refractivity contribution in [2.75, 3.05) is 11.9 Å². The quantitative estimate of drug-likeness (QED) is 0.314. The van der Waals surface area contributed by atoms with E-state index in [-0.39, 0.29) is 6.01 Å². The van der Waals surface area contributed by atoms with E-state index in [4.69, 9.17) is 9.47 Å². The molecule has 194 valence electrons. The number of nitrogens with zero attached hydrogens (tertiary/aromatic N) is 2. The SMILES string of the molecule is Cc1ccc(NC(=O)COC(c2ccccc2)(c2ccccc2)C(Oc2nc(C)cc(C)n2)C(=O)O)cc1. The number of aryl methyl sites for hydroxylation is 3. The highest BCUT2D eigenvalue weighted by atomic mass is 16.6. The molecule has 2 N–H and O–H groups in total. The molecule has 1 heterocycles. The lowest BCUT2D eigenvalue weighted by Gasteiger charge is -2.38. The monoisotopic (exact) mass is 511 g/mol. The molecule has 4 rings (SSSR count). The molecule has 0 aliphatic carbocycles. The van der Waals surface area contributed by atoms with E-state index in [0.29, 0.717) is 28.2 Å². The van der Waals surface area contributed by atoms with Crippen LogP contribution in [0.1, 0.15) is 28.1 Å². The molecular formula is C30H29N3O5. The fourth-order valence-corrected chi connectivity index (χ4v) is 4.26. The van der Waals surface area contributed by atoms with Crippen LogP contribution in [0, 0.1) is 20.8 Å². The molecule has 1 unspecified atom stereocenters. The summed E-state index contributed by atoms with van der Waals surface area (Å²) in [5.74, 6) is -1.75. The number of carboxylic acids is 1. The molecule has 0 radical (unpaired) electrons. The second-order valence-corrected chi connectivity index (χ2v) is 8.94. The number of benzene rings is 3. The maximum absolute atomic E-state index is 13.0. The van der Waals surface area contributed by atoms with Gasteiger partial charge in [0.1, 0.15) is 6.61 Å². The Morgan fingerprint density at radius 3 is 1.87 bits per heavy atom. The standard InChI is InChI=1S/C30H29N3O5/c1-20-14-16-25(17-15-20)33-26(34)19-37-30(23-10-6-4-7-11-23,24-12-8-5-9-13-24)27(28(35)36)38-29-31-21(2)18-22(3)32-29/h4-18,27H,19H2,1-3H3,(H,33,34)(H,35,36). The molecule has 3 aromatic carbocycles. The number of aromatic nitrogens is 2. The fraction of sp³-hybridized carbons (Fsp3) is 0.200. The number of aliphatic carboxylic acids is 1. The van der Waals surface area contributed by atoms with Crippen molar-refractivity contribution in [1.82, 2.24) is 9.97 Å². The van der Waals surface area contributed by atoms with Crippen LogP contribution < -0.4 is 10.1 Å². The van der Waals surface area contributed by atoms with Crippen LogP contribution in [0.5, 0.6) is 6.01 Å². The number of anilines is 1. The lowest BCUT2D eigenvalue weighted by molar-refractivity contribution is -0.166. The predicted octanol–water partition coefficient (Wildman–Crippen LogP) is 4.83. The zero-order chi connectivity index (χ0) is 27.1. The van der Waals surface area contributed by atoms with Crippen molar-refractivity contribution < 1.29 is 24.2 Å². The van der Waals surface area contributed by atoms with Crippen LogP contribution in [-0.2, 0) is 19.9 Å². The molecule has 0 aliphatic heterocycles. The summed E-state index contributed by atoms with van der Waals surface area (Å²) in [6.45, 7) is 5.04. The van der Waals surface area contributed by atoms with E-state index in [2.05, 4.69) is 15.3 Å². The van der Waals surface area contributed by atoms with Gasteiger partial charge in [-0.2, -0.15) is 0 Å². The summed E-state index contributed by atoms with van der Waals surface area (Å²) < 4.78 is 12.3. The van der Waals surface area contributed by atoms with Crippen LogP contribution in [-0.4, -0.2) is 39.7 Å². The van der Waals surface area contributed by atoms with Gasteiger partial charge in [-0.3, -0.25) is 4.79 Å². The topological polar surface area (TPSA) is 111 Å². The van der Waals surface area contributed by atoms with E-state index in [1.807, 2.05) is 31.2 Å². The van der Waals surface area contributed by atoms with Gasteiger partial charge in [0, 0.05) is 17.1 Å². The Morgan fingerprint density at radius 2 is 1.37 bits per heavy atom. The maximum atomic E-state index is 13.0. The minimum atomic E-state index is -1.72. The van der Waals surface area contributed by atoms with E-state index < -0.39 is 30.2 Å². The molecule has 0 saturated carbocycles. The second-order valence-electron chi connectivity index (χ2n) is 8.94. The Kier molecular flexibility index (Phi) is 8.13. The van der Waals surface area contributed by atoms with E-state index in [0.717, 1.165) is 5.56 Å². The fourth-order valence-electron chi connectivity index (χ4n) is 4.26. The molecule has 0 fully saturated rings. The summed E-state index contributed by atoms with van der Waals surface area (Å²) in [4.78, 5) is 34.4. The number of hydrogen-bond acceptors (Lipinski definition) is 6. The number of nitrogens with one attached hydrogen (secondary N) is 1. The van der Waals surface area contributed by atoms with Gasteiger partial charge in [-0.15, -0.1) is 0 Å². The Bertz CT molecular complexity index is 1330. The summed E-state index contributed by atoms with van der Waals surface area (Å²) >= 11 is 0. The number of carboxylic acid groups (broad SMARTS) is 1. The average Bonchev–Trinajstić information content (AvgIpc) is 2.90. The van der Waals surface area contributed by atoms with Crippen LogP contribution in [0.2, 0.25) is 0 Å². The third kappa shape index (κ3) is 6.04. The predicted molar refractivity (Wildman–Crippen MR) is 143 cm³/mol. The van der Waals surface area contributed by atoms with Crippen molar-refractivity contribution in [1.29, 1.82) is 0 Å². The number of ether oxygens (including phenoxy) is 2. The highest BCUT2D eigenvalue weighted by Crippen LogP contribution is 2.39. The minimum Gasteiger partial charge on any atom is -0.478 e. The summed E-state index contributed by atoms with van der Waals surface area (Å²) in [6, 6.07) is 26.7. The van der Waals surface area contributed by atoms with Crippen molar-refractivity contribution in [3.63, 3.8) is 0 Å². The molecular weight excluding hydrogens is 482 g/mol. The molecule has 0 saturated heterocycles. The first-order valence-electron chi connectivity index (χ1n) is 12.1. The molecule has 4 aromatic rings. The number of amides is 1. The zero-order valence-corrected chi connectivity index (χ0v) is 21.4. The van der Waals surface area contributed by atoms with Gasteiger partial charge < -0.3 is 19.9 Å². The number of hydrogen-bond donors (Lipinski definition) is 2. The average molecular weight is 512 g/mol. The minimum absolute atomic E-state index is 0.0983. The molecule has 0 spiro atoms. The first-order chi connectivity index (χ1) is 18.3. The molecule has 38 heavy (non-hydrogen) atoms. The van der Waals surface area contributed by atoms with Crippen molar-refractivity contribution >= 4 is 17.6 Å². The van der Waals surface area contributed by atoms with Gasteiger partial charge in [-0.25, -0.2) is 14.8 Å². The lowest BCUT2D eigenvalue weighted by Crippen LogP contribution is -2.52. The van der Waals surface area contributed by atoms with E-state index in [1.165, 1.54) is 0 Å². The summed E-state index contributed by atoms with van der Waals surface area (Å²) in [7, 11) is 0. The second kappa shape index (κ2) is 11.7. The molecule has 1 atom stereocenters. The van der Waals surface area contributed by atoms with Crippen LogP contribution in [0.15, 0.2) is 91.0 Å². The van der Waals surface area contributed by atoms with Crippen LogP contribution in [0.3, 0.4) is 0 Å². The normalized spacial score (nSPS) is 12.0. The van der Waals surface area contributed by atoms with Crippen molar-refractivity contribution in [2.45, 2.75) is 32.5 Å². The molecule has 1 amide bonds. The van der Waals surface area contributed by atoms with Crippen LogP contribution in [0.4, 0.5) is 5.69 Å². The summed E-state index contributed by atoms with van der Waals surface area (Å²) in [6.07, 6.45) is -1.64. The van der Waals surface area contributed by atoms with Crippen molar-refractivity contribution in [3.8, 4) is 6.01 Å². The number of rotatable bonds is 10. The van der Waals surface area contributed by atoms with Crippen LogP contribution >= 0.6 is 0 Å². The zero-order valence-electron chi connectivity index (χ0n) is 21.4. The van der Waals surface area contributed by atoms with Gasteiger partial charge >= 0.3 is 12.0 Å². The Hall–Kier alpha value is -4.56. The molecule has 8 heteroatoms. The third-order valence-corrected chi connectivity index (χ3v) is 5.95. The van der Waals surface area contributed by atoms with E-state index in [1.54, 1.807) is 80.6 Å². The summed E-state index contributed by atoms with van der Waals surface area (Å²) in [5.41, 5.74) is 2.17. The van der Waals surface area contributed by atoms with Crippen LogP contribution in [0.25, 0.3) is 0 Å². The third-order valence-electron chi connectivity index (χ3n) is 5.95. The van der Waals surface area contributed by atoms with Crippen molar-refractivity contribution in [3.05, 3.63) is 119 Å². The van der Waals surface area contributed by atoms with Crippen molar-refractivity contribution in [2.24, 2.45) is 0 Å². The molecule has 0 aliphatic rings. The van der Waals surface area contributed by atoms with Gasteiger partial charge in [0.25, 0.3) is 0 Å². The first-order valence-corrected chi connectivity index (χ1v) is 12.1. The van der Waals surface area contributed by atoms with Gasteiger partial charge in [0.05, 0.1) is 0 Å². The van der Waals surface area contributed by atoms with Gasteiger partial charge in [0.2, 0.25) is 12.0 Å². The number of carbonyl (C=O) groups is 2. The molecule has 8 nitrogen and oxygen atoms in total. The van der Waals surface area contributed by atoms with Gasteiger partial charge in [-0.1, -0.05) is 78.4 Å². The lowest BCUT2D eigenvalue weighted by atomic mass is 9.81. The summed E-state index contributed by atoms with van der Waals surface area (Å²) in [5, 5.41) is 13.3. The smallest absolute Gasteiger partial charge is 0.348 e. The van der Waals surface area contributed by atoms with Gasteiger partial charge in [-0.05, 0) is 50.1 Å². The van der Waals surface area contributed by atoms with E-state index in [9.17, 15) is 14.7 Å². The molecule has 0 bridgehead atoms. The van der Waals surface area contributed by atoms with Gasteiger partial charge in [0.15, 0.2) is 5.60 Å². The highest BCUT2D eigenvalue weighted by Gasteiger charge is 2.50. The Balaban J connectivity index is 1.79. The maximum Gasteiger partial charge on any atom is 0.348 e. The first kappa shape index (κ1) is 26.5. The van der Waals surface area contributed by atoms with E-state index >= 15 is 0 Å². The largest absolute Gasteiger partial charge is 0.478 e. The highest BCUT2D eigenvalue weighted by molar-refractivity contribution is 5.91. The Labute approximate surface area is 221 Å². The molecule has 1 aromatic heterocycles.